The van der Waals surface area contributed by atoms with E-state index in [1.165, 1.54) is 10.6 Å². The number of rotatable bonds is 3. The number of hydrogen-bond acceptors (Lipinski definition) is 3. The van der Waals surface area contributed by atoms with Crippen LogP contribution in [0.5, 0.6) is 0 Å². The first-order valence-electron chi connectivity index (χ1n) is 7.93. The Kier molecular flexibility index (Phi) is 5.16. The first-order valence-corrected chi connectivity index (χ1v) is 8.73. The summed E-state index contributed by atoms with van der Waals surface area (Å²) in [5.41, 5.74) is 0.955. The maximum Gasteiger partial charge on any atom is 0.251 e. The Morgan fingerprint density at radius 3 is 2.67 bits per heavy atom. The minimum absolute atomic E-state index is 0.0142. The molecule has 1 saturated heterocycles. The van der Waals surface area contributed by atoms with Gasteiger partial charge in [-0.25, -0.2) is 0 Å². The largest absolute Gasteiger partial charge is 0.332 e. The summed E-state index contributed by atoms with van der Waals surface area (Å²) in [5, 5.41) is 0. The van der Waals surface area contributed by atoms with Crippen LogP contribution in [0.1, 0.15) is 11.6 Å². The topological polar surface area (TPSA) is 45.5 Å². The average molecular weight is 390 g/mol. The standard InChI is InChI=1S/C18H20BrN3O2/c1-20-9-10-22(16(12-20)14-5-3-2-4-6-14)18(24)13-21-11-15(19)7-8-17(21)23/h2-8,11,16H,9-10,12-13H2,1H3. The molecule has 5 nitrogen and oxygen atoms in total. The molecule has 1 aromatic heterocycles. The number of carbonyl (C=O) groups is 1. The van der Waals surface area contributed by atoms with Gasteiger partial charge in [-0.05, 0) is 34.6 Å². The van der Waals surface area contributed by atoms with Crippen LogP contribution >= 0.6 is 15.9 Å². The summed E-state index contributed by atoms with van der Waals surface area (Å²) in [6, 6.07) is 13.2. The van der Waals surface area contributed by atoms with Gasteiger partial charge >= 0.3 is 0 Å². The van der Waals surface area contributed by atoms with Crippen molar-refractivity contribution in [3.05, 3.63) is 69.1 Å². The van der Waals surface area contributed by atoms with Crippen molar-refractivity contribution >= 4 is 21.8 Å². The fraction of sp³-hybridized carbons (Fsp3) is 0.333. The van der Waals surface area contributed by atoms with E-state index < -0.39 is 0 Å². The van der Waals surface area contributed by atoms with Gasteiger partial charge in [-0.1, -0.05) is 30.3 Å². The van der Waals surface area contributed by atoms with E-state index in [1.54, 1.807) is 12.3 Å². The van der Waals surface area contributed by atoms with E-state index in [0.29, 0.717) is 6.54 Å². The molecule has 126 valence electrons. The lowest BCUT2D eigenvalue weighted by atomic mass is 10.0. The van der Waals surface area contributed by atoms with Crippen molar-refractivity contribution in [3.8, 4) is 0 Å². The summed E-state index contributed by atoms with van der Waals surface area (Å²) in [6.45, 7) is 2.36. The Labute approximate surface area is 149 Å². The maximum atomic E-state index is 12.9. The summed E-state index contributed by atoms with van der Waals surface area (Å²) in [7, 11) is 2.07. The van der Waals surface area contributed by atoms with Crippen LogP contribution in [0.3, 0.4) is 0 Å². The molecule has 0 saturated carbocycles. The van der Waals surface area contributed by atoms with Crippen molar-refractivity contribution in [2.75, 3.05) is 26.7 Å². The van der Waals surface area contributed by atoms with Crippen molar-refractivity contribution in [3.63, 3.8) is 0 Å². The molecule has 1 atom stereocenters. The van der Waals surface area contributed by atoms with E-state index in [1.807, 2.05) is 23.1 Å². The number of benzene rings is 1. The minimum atomic E-state index is -0.170. The van der Waals surface area contributed by atoms with Crippen molar-refractivity contribution < 1.29 is 4.79 Å². The van der Waals surface area contributed by atoms with Crippen LogP contribution in [0, 0.1) is 0 Å². The van der Waals surface area contributed by atoms with Crippen LogP contribution in [-0.4, -0.2) is 47.0 Å². The monoisotopic (exact) mass is 389 g/mol. The molecule has 1 unspecified atom stereocenters. The van der Waals surface area contributed by atoms with Gasteiger partial charge in [0, 0.05) is 36.4 Å². The predicted molar refractivity (Wildman–Crippen MR) is 96.8 cm³/mol. The molecular weight excluding hydrogens is 370 g/mol. The highest BCUT2D eigenvalue weighted by atomic mass is 79.9. The molecule has 0 aliphatic carbocycles. The average Bonchev–Trinajstić information content (AvgIpc) is 2.58. The SMILES string of the molecule is CN1CCN(C(=O)Cn2cc(Br)ccc2=O)C(c2ccccc2)C1. The molecule has 1 aromatic carbocycles. The lowest BCUT2D eigenvalue weighted by molar-refractivity contribution is -0.136. The van der Waals surface area contributed by atoms with E-state index in [4.69, 9.17) is 0 Å². The second-order valence-corrected chi connectivity index (χ2v) is 7.00. The minimum Gasteiger partial charge on any atom is -0.332 e. The zero-order valence-corrected chi connectivity index (χ0v) is 15.1. The van der Waals surface area contributed by atoms with Crippen LogP contribution < -0.4 is 5.56 Å². The van der Waals surface area contributed by atoms with E-state index in [0.717, 1.165) is 23.1 Å². The number of pyridine rings is 1. The number of halogens is 1. The lowest BCUT2D eigenvalue weighted by Crippen LogP contribution is -2.50. The molecular formula is C18H20BrN3O2. The maximum absolute atomic E-state index is 12.9. The van der Waals surface area contributed by atoms with E-state index in [2.05, 4.69) is 40.0 Å². The first kappa shape index (κ1) is 16.9. The van der Waals surface area contributed by atoms with Crippen LogP contribution in [0.4, 0.5) is 0 Å². The summed E-state index contributed by atoms with van der Waals surface area (Å²) < 4.78 is 2.24. The quantitative estimate of drug-likeness (QED) is 0.807. The molecule has 1 aliphatic rings. The van der Waals surface area contributed by atoms with Crippen LogP contribution in [-0.2, 0) is 11.3 Å². The van der Waals surface area contributed by atoms with Gasteiger partial charge < -0.3 is 14.4 Å². The second-order valence-electron chi connectivity index (χ2n) is 6.09. The normalized spacial score (nSPS) is 18.6. The van der Waals surface area contributed by atoms with Crippen molar-refractivity contribution in [1.82, 2.24) is 14.4 Å². The fourth-order valence-electron chi connectivity index (χ4n) is 3.04. The molecule has 0 bridgehead atoms. The highest BCUT2D eigenvalue weighted by molar-refractivity contribution is 9.10. The van der Waals surface area contributed by atoms with Crippen LogP contribution in [0.15, 0.2) is 57.9 Å². The number of likely N-dealkylation sites (N-methyl/N-ethyl adjacent to an activating group) is 1. The fourth-order valence-corrected chi connectivity index (χ4v) is 3.42. The zero-order valence-electron chi connectivity index (χ0n) is 13.6. The Balaban J connectivity index is 1.84. The smallest absolute Gasteiger partial charge is 0.251 e. The van der Waals surface area contributed by atoms with E-state index in [-0.39, 0.29) is 24.1 Å². The third-order valence-electron chi connectivity index (χ3n) is 4.34. The Morgan fingerprint density at radius 1 is 1.17 bits per heavy atom. The van der Waals surface area contributed by atoms with E-state index in [9.17, 15) is 9.59 Å². The van der Waals surface area contributed by atoms with Crippen LogP contribution in [0.25, 0.3) is 0 Å². The van der Waals surface area contributed by atoms with Gasteiger partial charge in [0.15, 0.2) is 0 Å². The first-order chi connectivity index (χ1) is 11.5. The van der Waals surface area contributed by atoms with Crippen molar-refractivity contribution in [1.29, 1.82) is 0 Å². The number of piperazine rings is 1. The molecule has 24 heavy (non-hydrogen) atoms. The summed E-state index contributed by atoms with van der Waals surface area (Å²) in [6.07, 6.45) is 1.66. The lowest BCUT2D eigenvalue weighted by Gasteiger charge is -2.40. The van der Waals surface area contributed by atoms with Gasteiger partial charge in [0.1, 0.15) is 6.54 Å². The zero-order chi connectivity index (χ0) is 17.1. The van der Waals surface area contributed by atoms with Gasteiger partial charge in [0.05, 0.1) is 6.04 Å². The van der Waals surface area contributed by atoms with Gasteiger partial charge in [0.25, 0.3) is 5.56 Å². The summed E-state index contributed by atoms with van der Waals surface area (Å²) in [4.78, 5) is 28.9. The molecule has 2 aromatic rings. The molecule has 0 spiro atoms. The number of hydrogen-bond donors (Lipinski definition) is 0. The number of nitrogens with zero attached hydrogens (tertiary/aromatic N) is 3. The molecule has 1 amide bonds. The van der Waals surface area contributed by atoms with Crippen LogP contribution in [0.2, 0.25) is 0 Å². The second kappa shape index (κ2) is 7.32. The molecule has 1 fully saturated rings. The van der Waals surface area contributed by atoms with Gasteiger partial charge in [0.2, 0.25) is 5.91 Å². The van der Waals surface area contributed by atoms with Gasteiger partial charge in [-0.2, -0.15) is 0 Å². The van der Waals surface area contributed by atoms with Crippen molar-refractivity contribution in [2.24, 2.45) is 0 Å². The highest BCUT2D eigenvalue weighted by Crippen LogP contribution is 2.25. The molecule has 1 aliphatic heterocycles. The van der Waals surface area contributed by atoms with E-state index >= 15 is 0 Å². The summed E-state index contributed by atoms with van der Waals surface area (Å²) >= 11 is 3.35. The number of amides is 1. The Hall–Kier alpha value is -1.92. The van der Waals surface area contributed by atoms with Crippen molar-refractivity contribution in [2.45, 2.75) is 12.6 Å². The van der Waals surface area contributed by atoms with Gasteiger partial charge in [-0.15, -0.1) is 0 Å². The summed E-state index contributed by atoms with van der Waals surface area (Å²) in [5.74, 6) is -0.0304. The molecule has 0 radical (unpaired) electrons. The molecule has 3 rings (SSSR count). The Bertz CT molecular complexity index is 775. The third-order valence-corrected chi connectivity index (χ3v) is 4.81. The molecule has 2 heterocycles. The predicted octanol–water partition coefficient (Wildman–Crippen LogP) is 2.13. The molecule has 6 heteroatoms. The number of aromatic nitrogens is 1. The number of carbonyl (C=O) groups excluding carboxylic acids is 1. The van der Waals surface area contributed by atoms with Gasteiger partial charge in [-0.3, -0.25) is 9.59 Å². The Morgan fingerprint density at radius 2 is 1.92 bits per heavy atom. The third kappa shape index (κ3) is 3.76. The highest BCUT2D eigenvalue weighted by Gasteiger charge is 2.30. The molecule has 0 N–H and O–H groups in total.